The van der Waals surface area contributed by atoms with E-state index < -0.39 is 0 Å². The fourth-order valence-corrected chi connectivity index (χ4v) is 1.79. The van der Waals surface area contributed by atoms with Crippen LogP contribution in [0.3, 0.4) is 0 Å². The second kappa shape index (κ2) is 7.36. The van der Waals surface area contributed by atoms with Crippen molar-refractivity contribution in [3.63, 3.8) is 0 Å². The predicted octanol–water partition coefficient (Wildman–Crippen LogP) is 2.76. The number of anilines is 1. The Morgan fingerprint density at radius 2 is 1.94 bits per heavy atom. The maximum atomic E-state index is 5.71. The number of aromatic nitrogens is 2. The van der Waals surface area contributed by atoms with E-state index >= 15 is 0 Å². The molecule has 2 unspecified atom stereocenters. The third kappa shape index (κ3) is 3.98. The van der Waals surface area contributed by atoms with Crippen molar-refractivity contribution in [2.75, 3.05) is 18.5 Å². The first kappa shape index (κ1) is 15.0. The lowest BCUT2D eigenvalue weighted by Crippen LogP contribution is -2.28. The Labute approximate surface area is 110 Å². The molecule has 0 saturated carbocycles. The quantitative estimate of drug-likeness (QED) is 0.773. The fourth-order valence-electron chi connectivity index (χ4n) is 1.79. The third-order valence-electron chi connectivity index (χ3n) is 3.17. The predicted molar refractivity (Wildman–Crippen MR) is 73.8 cm³/mol. The highest BCUT2D eigenvalue weighted by Gasteiger charge is 2.18. The molecule has 0 spiro atoms. The van der Waals surface area contributed by atoms with Crippen LogP contribution in [0.4, 0.5) is 6.01 Å². The van der Waals surface area contributed by atoms with Crippen molar-refractivity contribution in [1.29, 1.82) is 0 Å². The second-order valence-corrected chi connectivity index (χ2v) is 4.85. The summed E-state index contributed by atoms with van der Waals surface area (Å²) >= 11 is 0. The minimum absolute atomic E-state index is 0.112. The average molecular weight is 254 g/mol. The lowest BCUT2D eigenvalue weighted by atomic mass is 10.2. The molecule has 0 aliphatic rings. The van der Waals surface area contributed by atoms with Crippen LogP contribution in [0.25, 0.3) is 0 Å². The van der Waals surface area contributed by atoms with Crippen LogP contribution >= 0.6 is 0 Å². The number of hydrogen-bond acceptors (Lipinski definition) is 5. The molecule has 1 N–H and O–H groups in total. The van der Waals surface area contributed by atoms with Gasteiger partial charge in [-0.3, -0.25) is 0 Å². The standard InChI is InChI=1S/C13H26N4O/c1-6-8-10(3)17(5)13-16-15-12(18-13)11(4)14-9-7-2/h10-11,14H,6-9H2,1-5H3. The van der Waals surface area contributed by atoms with Gasteiger partial charge >= 0.3 is 6.01 Å². The van der Waals surface area contributed by atoms with Gasteiger partial charge in [-0.15, -0.1) is 5.10 Å². The summed E-state index contributed by atoms with van der Waals surface area (Å²) in [6.07, 6.45) is 3.37. The van der Waals surface area contributed by atoms with Gasteiger partial charge in [0.15, 0.2) is 0 Å². The number of nitrogens with one attached hydrogen (secondary N) is 1. The Bertz CT molecular complexity index is 339. The van der Waals surface area contributed by atoms with Crippen molar-refractivity contribution in [2.45, 2.75) is 59.0 Å². The monoisotopic (exact) mass is 254 g/mol. The van der Waals surface area contributed by atoms with Crippen molar-refractivity contribution in [1.82, 2.24) is 15.5 Å². The molecular formula is C13H26N4O. The first-order valence-electron chi connectivity index (χ1n) is 6.89. The zero-order valence-corrected chi connectivity index (χ0v) is 12.2. The molecule has 1 rings (SSSR count). The Morgan fingerprint density at radius 1 is 1.22 bits per heavy atom. The van der Waals surface area contributed by atoms with Gasteiger partial charge in [-0.1, -0.05) is 25.4 Å². The summed E-state index contributed by atoms with van der Waals surface area (Å²) < 4.78 is 5.71. The molecule has 1 aromatic heterocycles. The lowest BCUT2D eigenvalue weighted by Gasteiger charge is -2.21. The van der Waals surface area contributed by atoms with Crippen molar-refractivity contribution < 1.29 is 4.42 Å². The molecule has 1 aromatic rings. The summed E-state index contributed by atoms with van der Waals surface area (Å²) in [6, 6.07) is 1.14. The van der Waals surface area contributed by atoms with Crippen LogP contribution in [0.15, 0.2) is 4.42 Å². The fraction of sp³-hybridized carbons (Fsp3) is 0.846. The van der Waals surface area contributed by atoms with Gasteiger partial charge in [-0.2, -0.15) is 0 Å². The van der Waals surface area contributed by atoms with Crippen LogP contribution in [0.5, 0.6) is 0 Å². The molecular weight excluding hydrogens is 228 g/mol. The van der Waals surface area contributed by atoms with Crippen LogP contribution in [0, 0.1) is 0 Å². The Balaban J connectivity index is 2.61. The summed E-state index contributed by atoms with van der Waals surface area (Å²) in [4.78, 5) is 2.05. The highest BCUT2D eigenvalue weighted by Crippen LogP contribution is 2.19. The molecule has 0 aliphatic carbocycles. The van der Waals surface area contributed by atoms with Gasteiger partial charge < -0.3 is 14.6 Å². The molecule has 5 heteroatoms. The van der Waals surface area contributed by atoms with Crippen molar-refractivity contribution in [3.05, 3.63) is 5.89 Å². The number of hydrogen-bond donors (Lipinski definition) is 1. The highest BCUT2D eigenvalue weighted by molar-refractivity contribution is 5.24. The minimum atomic E-state index is 0.112. The summed E-state index contributed by atoms with van der Waals surface area (Å²) in [7, 11) is 2.00. The molecule has 1 heterocycles. The molecule has 0 radical (unpaired) electrons. The van der Waals surface area contributed by atoms with Gasteiger partial charge in [0, 0.05) is 13.1 Å². The van der Waals surface area contributed by atoms with Crippen molar-refractivity contribution in [3.8, 4) is 0 Å². The number of nitrogens with zero attached hydrogens (tertiary/aromatic N) is 3. The SMILES string of the molecule is CCCNC(C)c1nnc(N(C)C(C)CCC)o1. The van der Waals surface area contributed by atoms with Gasteiger partial charge in [0.2, 0.25) is 5.89 Å². The van der Waals surface area contributed by atoms with E-state index in [4.69, 9.17) is 4.42 Å². The smallest absolute Gasteiger partial charge is 0.318 e. The first-order valence-corrected chi connectivity index (χ1v) is 6.89. The molecule has 0 saturated heterocycles. The summed E-state index contributed by atoms with van der Waals surface area (Å²) in [5, 5.41) is 11.6. The third-order valence-corrected chi connectivity index (χ3v) is 3.17. The Hall–Kier alpha value is -1.10. The van der Waals surface area contributed by atoms with E-state index in [9.17, 15) is 0 Å². The maximum absolute atomic E-state index is 5.71. The Kier molecular flexibility index (Phi) is 6.12. The van der Waals surface area contributed by atoms with Crippen molar-refractivity contribution in [2.24, 2.45) is 0 Å². The molecule has 0 aromatic carbocycles. The van der Waals surface area contributed by atoms with Gasteiger partial charge in [-0.25, -0.2) is 0 Å². The zero-order valence-electron chi connectivity index (χ0n) is 12.2. The van der Waals surface area contributed by atoms with Crippen LogP contribution in [-0.2, 0) is 0 Å². The van der Waals surface area contributed by atoms with E-state index in [-0.39, 0.29) is 6.04 Å². The molecule has 0 fully saturated rings. The van der Waals surface area contributed by atoms with Gasteiger partial charge in [0.1, 0.15) is 0 Å². The largest absolute Gasteiger partial charge is 0.406 e. The second-order valence-electron chi connectivity index (χ2n) is 4.85. The molecule has 2 atom stereocenters. The highest BCUT2D eigenvalue weighted by atomic mass is 16.4. The van der Waals surface area contributed by atoms with E-state index in [2.05, 4.69) is 36.3 Å². The summed E-state index contributed by atoms with van der Waals surface area (Å²) in [5.41, 5.74) is 0. The zero-order chi connectivity index (χ0) is 13.5. The normalized spacial score (nSPS) is 14.5. The van der Waals surface area contributed by atoms with Crippen molar-refractivity contribution >= 4 is 6.01 Å². The molecule has 0 aliphatic heterocycles. The van der Waals surface area contributed by atoms with E-state index in [0.29, 0.717) is 17.9 Å². The van der Waals surface area contributed by atoms with Gasteiger partial charge in [0.25, 0.3) is 0 Å². The van der Waals surface area contributed by atoms with E-state index in [1.54, 1.807) is 0 Å². The van der Waals surface area contributed by atoms with Crippen LogP contribution in [0.2, 0.25) is 0 Å². The summed E-state index contributed by atoms with van der Waals surface area (Å²) in [6.45, 7) is 9.50. The van der Waals surface area contributed by atoms with Gasteiger partial charge in [0.05, 0.1) is 6.04 Å². The minimum Gasteiger partial charge on any atom is -0.406 e. The Morgan fingerprint density at radius 3 is 2.56 bits per heavy atom. The van der Waals surface area contributed by atoms with E-state index in [0.717, 1.165) is 25.8 Å². The lowest BCUT2D eigenvalue weighted by molar-refractivity contribution is 0.410. The van der Waals surface area contributed by atoms with Crippen LogP contribution < -0.4 is 10.2 Å². The van der Waals surface area contributed by atoms with Crippen LogP contribution in [0.1, 0.15) is 58.9 Å². The van der Waals surface area contributed by atoms with E-state index in [1.165, 1.54) is 0 Å². The first-order chi connectivity index (χ1) is 8.60. The molecule has 0 amide bonds. The molecule has 0 bridgehead atoms. The maximum Gasteiger partial charge on any atom is 0.318 e. The van der Waals surface area contributed by atoms with Gasteiger partial charge in [-0.05, 0) is 33.2 Å². The molecule has 5 nitrogen and oxygen atoms in total. The number of rotatable bonds is 8. The topological polar surface area (TPSA) is 54.2 Å². The molecule has 104 valence electrons. The van der Waals surface area contributed by atoms with Crippen LogP contribution in [-0.4, -0.2) is 29.8 Å². The average Bonchev–Trinajstić information content (AvgIpc) is 2.84. The molecule has 18 heavy (non-hydrogen) atoms. The summed E-state index contributed by atoms with van der Waals surface area (Å²) in [5.74, 6) is 0.661. The van der Waals surface area contributed by atoms with E-state index in [1.807, 2.05) is 18.9 Å².